The highest BCUT2D eigenvalue weighted by Crippen LogP contribution is 2.21. The zero-order chi connectivity index (χ0) is 13.5. The van der Waals surface area contributed by atoms with E-state index in [1.165, 1.54) is 0 Å². The third kappa shape index (κ3) is 4.11. The molecule has 1 aromatic rings. The summed E-state index contributed by atoms with van der Waals surface area (Å²) in [5, 5.41) is 14.4. The van der Waals surface area contributed by atoms with Crippen molar-refractivity contribution < 1.29 is 4.92 Å². The van der Waals surface area contributed by atoms with E-state index < -0.39 is 0 Å². The molecule has 0 aliphatic rings. The van der Waals surface area contributed by atoms with Crippen molar-refractivity contribution >= 4 is 5.69 Å². The van der Waals surface area contributed by atoms with Crippen LogP contribution in [0.4, 0.5) is 5.69 Å². The molecule has 0 aliphatic heterocycles. The normalized spacial score (nSPS) is 12.7. The third-order valence-corrected chi connectivity index (χ3v) is 3.09. The predicted octanol–water partition coefficient (Wildman–Crippen LogP) is 3.16. The zero-order valence-corrected chi connectivity index (χ0v) is 11.3. The van der Waals surface area contributed by atoms with E-state index in [-0.39, 0.29) is 16.7 Å². The SMILES string of the molecule is CCCNC(Cc1ccccc1[N+](=O)[O-])C(C)C. The van der Waals surface area contributed by atoms with Gasteiger partial charge < -0.3 is 5.32 Å². The lowest BCUT2D eigenvalue weighted by molar-refractivity contribution is -0.385. The molecular weight excluding hydrogens is 228 g/mol. The molecule has 1 aromatic carbocycles. The third-order valence-electron chi connectivity index (χ3n) is 3.09. The molecule has 0 amide bonds. The summed E-state index contributed by atoms with van der Waals surface area (Å²) in [6, 6.07) is 7.28. The average molecular weight is 250 g/mol. The fourth-order valence-corrected chi connectivity index (χ4v) is 1.97. The summed E-state index contributed by atoms with van der Waals surface area (Å²) in [5.74, 6) is 0.455. The number of rotatable bonds is 7. The van der Waals surface area contributed by atoms with Crippen molar-refractivity contribution in [2.24, 2.45) is 5.92 Å². The van der Waals surface area contributed by atoms with E-state index in [1.54, 1.807) is 12.1 Å². The fourth-order valence-electron chi connectivity index (χ4n) is 1.97. The van der Waals surface area contributed by atoms with Crippen LogP contribution >= 0.6 is 0 Å². The molecule has 1 unspecified atom stereocenters. The van der Waals surface area contributed by atoms with Gasteiger partial charge in [-0.15, -0.1) is 0 Å². The Morgan fingerprint density at radius 1 is 1.33 bits per heavy atom. The second kappa shape index (κ2) is 7.11. The number of hydrogen-bond donors (Lipinski definition) is 1. The lowest BCUT2D eigenvalue weighted by Crippen LogP contribution is -2.36. The van der Waals surface area contributed by atoms with Crippen LogP contribution in [0.25, 0.3) is 0 Å². The molecule has 1 atom stereocenters. The molecule has 0 heterocycles. The maximum atomic E-state index is 11.0. The highest BCUT2D eigenvalue weighted by Gasteiger charge is 2.19. The Hall–Kier alpha value is -1.42. The van der Waals surface area contributed by atoms with Crippen molar-refractivity contribution in [2.75, 3.05) is 6.54 Å². The van der Waals surface area contributed by atoms with Gasteiger partial charge in [-0.25, -0.2) is 0 Å². The molecule has 0 aliphatic carbocycles. The van der Waals surface area contributed by atoms with Gasteiger partial charge >= 0.3 is 0 Å². The van der Waals surface area contributed by atoms with Gasteiger partial charge in [-0.2, -0.15) is 0 Å². The number of hydrogen-bond acceptors (Lipinski definition) is 3. The maximum absolute atomic E-state index is 11.0. The fraction of sp³-hybridized carbons (Fsp3) is 0.571. The van der Waals surface area contributed by atoms with Crippen molar-refractivity contribution in [1.29, 1.82) is 0 Å². The Morgan fingerprint density at radius 2 is 2.00 bits per heavy atom. The van der Waals surface area contributed by atoms with E-state index >= 15 is 0 Å². The summed E-state index contributed by atoms with van der Waals surface area (Å²) in [6.07, 6.45) is 1.77. The van der Waals surface area contributed by atoms with Gasteiger partial charge in [0.1, 0.15) is 0 Å². The Balaban J connectivity index is 2.83. The molecule has 0 saturated heterocycles. The molecule has 1 rings (SSSR count). The molecule has 4 nitrogen and oxygen atoms in total. The van der Waals surface area contributed by atoms with Crippen LogP contribution in [-0.4, -0.2) is 17.5 Å². The van der Waals surface area contributed by atoms with Crippen LogP contribution in [0.3, 0.4) is 0 Å². The van der Waals surface area contributed by atoms with Crippen molar-refractivity contribution in [3.8, 4) is 0 Å². The van der Waals surface area contributed by atoms with Crippen LogP contribution in [0, 0.1) is 16.0 Å². The standard InChI is InChI=1S/C14H22N2O2/c1-4-9-15-13(11(2)3)10-12-7-5-6-8-14(12)16(17)18/h5-8,11,13,15H,4,9-10H2,1-3H3. The van der Waals surface area contributed by atoms with Crippen LogP contribution in [-0.2, 0) is 6.42 Å². The van der Waals surface area contributed by atoms with Gasteiger partial charge in [-0.05, 0) is 25.3 Å². The molecule has 100 valence electrons. The van der Waals surface area contributed by atoms with Gasteiger partial charge in [-0.3, -0.25) is 10.1 Å². The van der Waals surface area contributed by atoms with E-state index in [0.29, 0.717) is 12.3 Å². The Morgan fingerprint density at radius 3 is 2.56 bits per heavy atom. The molecule has 0 aromatic heterocycles. The second-order valence-electron chi connectivity index (χ2n) is 4.89. The van der Waals surface area contributed by atoms with Crippen molar-refractivity contribution in [1.82, 2.24) is 5.32 Å². The maximum Gasteiger partial charge on any atom is 0.272 e. The molecule has 0 saturated carbocycles. The Labute approximate surface area is 109 Å². The first-order valence-corrected chi connectivity index (χ1v) is 6.52. The Bertz CT molecular complexity index is 391. The molecule has 0 radical (unpaired) electrons. The summed E-state index contributed by atoms with van der Waals surface area (Å²) in [5.41, 5.74) is 1.03. The molecule has 0 bridgehead atoms. The Kier molecular flexibility index (Phi) is 5.78. The second-order valence-corrected chi connectivity index (χ2v) is 4.89. The van der Waals surface area contributed by atoms with Crippen molar-refractivity contribution in [3.05, 3.63) is 39.9 Å². The van der Waals surface area contributed by atoms with E-state index in [0.717, 1.165) is 18.5 Å². The summed E-state index contributed by atoms with van der Waals surface area (Å²) in [7, 11) is 0. The highest BCUT2D eigenvalue weighted by atomic mass is 16.6. The van der Waals surface area contributed by atoms with Crippen molar-refractivity contribution in [2.45, 2.75) is 39.7 Å². The van der Waals surface area contributed by atoms with Crippen LogP contribution in [0.2, 0.25) is 0 Å². The first-order valence-electron chi connectivity index (χ1n) is 6.52. The summed E-state index contributed by atoms with van der Waals surface area (Å²) in [6.45, 7) is 7.35. The minimum atomic E-state index is -0.299. The van der Waals surface area contributed by atoms with Gasteiger partial charge in [-0.1, -0.05) is 39.0 Å². The molecule has 18 heavy (non-hydrogen) atoms. The summed E-state index contributed by atoms with van der Waals surface area (Å²) in [4.78, 5) is 10.7. The monoisotopic (exact) mass is 250 g/mol. The van der Waals surface area contributed by atoms with Crippen molar-refractivity contribution in [3.63, 3.8) is 0 Å². The minimum Gasteiger partial charge on any atom is -0.313 e. The molecule has 0 fully saturated rings. The molecule has 4 heteroatoms. The van der Waals surface area contributed by atoms with E-state index in [9.17, 15) is 10.1 Å². The highest BCUT2D eigenvalue weighted by molar-refractivity contribution is 5.40. The lowest BCUT2D eigenvalue weighted by atomic mass is 9.95. The van der Waals surface area contributed by atoms with E-state index in [1.807, 2.05) is 12.1 Å². The van der Waals surface area contributed by atoms with Gasteiger partial charge in [0.15, 0.2) is 0 Å². The predicted molar refractivity (Wildman–Crippen MR) is 73.7 cm³/mol. The largest absolute Gasteiger partial charge is 0.313 e. The smallest absolute Gasteiger partial charge is 0.272 e. The van der Waals surface area contributed by atoms with Gasteiger partial charge in [0.2, 0.25) is 0 Å². The minimum absolute atomic E-state index is 0.224. The quantitative estimate of drug-likeness (QED) is 0.597. The first kappa shape index (κ1) is 14.6. The number of nitrogens with zero attached hydrogens (tertiary/aromatic N) is 1. The molecule has 0 spiro atoms. The van der Waals surface area contributed by atoms with Crippen LogP contribution < -0.4 is 5.32 Å². The number of nitrogens with one attached hydrogen (secondary N) is 1. The number of benzene rings is 1. The molecular formula is C14H22N2O2. The van der Waals surface area contributed by atoms with Crippen LogP contribution in [0.1, 0.15) is 32.8 Å². The van der Waals surface area contributed by atoms with Gasteiger partial charge in [0.25, 0.3) is 5.69 Å². The molecule has 1 N–H and O–H groups in total. The summed E-state index contributed by atoms with van der Waals surface area (Å²) >= 11 is 0. The zero-order valence-electron chi connectivity index (χ0n) is 11.3. The van der Waals surface area contributed by atoms with E-state index in [4.69, 9.17) is 0 Å². The summed E-state index contributed by atoms with van der Waals surface area (Å²) < 4.78 is 0. The number of para-hydroxylation sites is 1. The van der Waals surface area contributed by atoms with Gasteiger partial charge in [0.05, 0.1) is 4.92 Å². The number of nitro benzene ring substituents is 1. The first-order chi connectivity index (χ1) is 8.56. The van der Waals surface area contributed by atoms with Gasteiger partial charge in [0, 0.05) is 17.7 Å². The topological polar surface area (TPSA) is 55.2 Å². The van der Waals surface area contributed by atoms with E-state index in [2.05, 4.69) is 26.1 Å². The van der Waals surface area contributed by atoms with Crippen LogP contribution in [0.5, 0.6) is 0 Å². The average Bonchev–Trinajstić information content (AvgIpc) is 2.34. The van der Waals surface area contributed by atoms with Crippen LogP contribution in [0.15, 0.2) is 24.3 Å². The lowest BCUT2D eigenvalue weighted by Gasteiger charge is -2.22. The number of nitro groups is 1.